The standard InChI is InChI=1S/C33H37N5O5/c1-36(2)19-9-12-28(39)38(21-29(40)37(3)4)25-16-14-24(15-17-25)34-31(22-10-7-6-8-11-22)30-26-18-13-23(33(42)43-5)20-27(26)35-32(30)41/h6-8,10-11,13-18,20,35,41H,9,12,19,21H2,1-5H3. The summed E-state index contributed by atoms with van der Waals surface area (Å²) in [5, 5.41) is 11.7. The summed E-state index contributed by atoms with van der Waals surface area (Å²) in [5.74, 6) is -0.882. The highest BCUT2D eigenvalue weighted by Crippen LogP contribution is 2.32. The molecule has 0 fully saturated rings. The third kappa shape index (κ3) is 7.47. The Hall–Kier alpha value is -4.96. The first-order valence-electron chi connectivity index (χ1n) is 13.9. The Bertz CT molecular complexity index is 1620. The van der Waals surface area contributed by atoms with Gasteiger partial charge in [-0.05, 0) is 63.5 Å². The van der Waals surface area contributed by atoms with Crippen molar-refractivity contribution < 1.29 is 24.2 Å². The number of aliphatic imine (C=N–C) groups is 1. The molecule has 43 heavy (non-hydrogen) atoms. The summed E-state index contributed by atoms with van der Waals surface area (Å²) in [6.45, 7) is 0.699. The van der Waals surface area contributed by atoms with Crippen LogP contribution in [0.25, 0.3) is 10.9 Å². The van der Waals surface area contributed by atoms with Gasteiger partial charge in [0.25, 0.3) is 0 Å². The topological polar surface area (TPSA) is 119 Å². The molecule has 0 aliphatic heterocycles. The van der Waals surface area contributed by atoms with Gasteiger partial charge in [0.1, 0.15) is 6.54 Å². The van der Waals surface area contributed by atoms with Crippen LogP contribution in [0.4, 0.5) is 11.4 Å². The number of fused-ring (bicyclic) bond motifs is 1. The van der Waals surface area contributed by atoms with Crippen molar-refractivity contribution in [1.29, 1.82) is 0 Å². The number of likely N-dealkylation sites (N-methyl/N-ethyl adjacent to an activating group) is 1. The van der Waals surface area contributed by atoms with Crippen LogP contribution in [0, 0.1) is 0 Å². The zero-order valence-electron chi connectivity index (χ0n) is 25.1. The molecule has 3 aromatic carbocycles. The van der Waals surface area contributed by atoms with Gasteiger partial charge in [-0.25, -0.2) is 9.79 Å². The van der Waals surface area contributed by atoms with Gasteiger partial charge in [0, 0.05) is 42.7 Å². The van der Waals surface area contributed by atoms with Crippen molar-refractivity contribution in [2.45, 2.75) is 12.8 Å². The first-order valence-corrected chi connectivity index (χ1v) is 13.9. The van der Waals surface area contributed by atoms with E-state index in [0.717, 1.165) is 12.1 Å². The maximum absolute atomic E-state index is 13.2. The maximum Gasteiger partial charge on any atom is 0.337 e. The normalized spacial score (nSPS) is 11.5. The number of benzene rings is 3. The number of carbonyl (C=O) groups is 3. The number of nitrogens with zero attached hydrogens (tertiary/aromatic N) is 4. The van der Waals surface area contributed by atoms with Crippen LogP contribution in [-0.2, 0) is 14.3 Å². The SMILES string of the molecule is COC(=O)c1ccc2c(C(=Nc3ccc(N(CC(=O)N(C)C)C(=O)CCCN(C)C)cc3)c3ccccc3)c(O)[nH]c2c1. The van der Waals surface area contributed by atoms with Crippen LogP contribution in [0.2, 0.25) is 0 Å². The second-order valence-corrected chi connectivity index (χ2v) is 10.6. The molecular formula is C33H37N5O5. The Labute approximate surface area is 251 Å². The number of amides is 2. The number of ether oxygens (including phenoxy) is 1. The van der Waals surface area contributed by atoms with Crippen LogP contribution in [-0.4, -0.2) is 91.8 Å². The summed E-state index contributed by atoms with van der Waals surface area (Å²) in [7, 11) is 8.55. The van der Waals surface area contributed by atoms with Crippen molar-refractivity contribution >= 4 is 45.8 Å². The van der Waals surface area contributed by atoms with Crippen LogP contribution in [0.5, 0.6) is 5.88 Å². The van der Waals surface area contributed by atoms with Crippen molar-refractivity contribution in [3.8, 4) is 5.88 Å². The van der Waals surface area contributed by atoms with E-state index in [1.165, 1.54) is 16.9 Å². The second-order valence-electron chi connectivity index (χ2n) is 10.6. The average Bonchev–Trinajstić information content (AvgIpc) is 3.33. The zero-order chi connectivity index (χ0) is 31.1. The fraction of sp³-hybridized carbons (Fsp3) is 0.273. The van der Waals surface area contributed by atoms with Crippen molar-refractivity contribution in [3.05, 3.63) is 89.5 Å². The molecule has 0 saturated heterocycles. The molecule has 0 unspecified atom stereocenters. The van der Waals surface area contributed by atoms with Gasteiger partial charge in [0.15, 0.2) is 5.88 Å². The van der Waals surface area contributed by atoms with Crippen LogP contribution in [0.1, 0.15) is 34.3 Å². The number of methoxy groups -OCH3 is 1. The van der Waals surface area contributed by atoms with Gasteiger partial charge < -0.3 is 29.5 Å². The van der Waals surface area contributed by atoms with E-state index in [-0.39, 0.29) is 24.2 Å². The highest BCUT2D eigenvalue weighted by Gasteiger charge is 2.22. The molecule has 1 aromatic heterocycles. The molecule has 2 amide bonds. The van der Waals surface area contributed by atoms with E-state index >= 15 is 0 Å². The minimum Gasteiger partial charge on any atom is -0.494 e. The number of hydrogen-bond acceptors (Lipinski definition) is 7. The summed E-state index contributed by atoms with van der Waals surface area (Å²) in [6.07, 6.45) is 0.991. The lowest BCUT2D eigenvalue weighted by Gasteiger charge is -2.24. The molecule has 1 heterocycles. The van der Waals surface area contributed by atoms with Crippen molar-refractivity contribution in [2.75, 3.05) is 53.3 Å². The number of H-pyrrole nitrogens is 1. The molecule has 0 spiro atoms. The highest BCUT2D eigenvalue weighted by molar-refractivity contribution is 6.22. The van der Waals surface area contributed by atoms with Gasteiger partial charge in [-0.15, -0.1) is 0 Å². The molecule has 0 aliphatic carbocycles. The lowest BCUT2D eigenvalue weighted by atomic mass is 10.00. The molecule has 224 valence electrons. The quantitative estimate of drug-likeness (QED) is 0.197. The number of aromatic amines is 1. The van der Waals surface area contributed by atoms with Gasteiger partial charge >= 0.3 is 5.97 Å². The number of hydrogen-bond donors (Lipinski definition) is 2. The van der Waals surface area contributed by atoms with Crippen LogP contribution >= 0.6 is 0 Å². The van der Waals surface area contributed by atoms with E-state index in [4.69, 9.17) is 9.73 Å². The van der Waals surface area contributed by atoms with Crippen LogP contribution in [0.15, 0.2) is 77.8 Å². The Morgan fingerprint density at radius 2 is 1.58 bits per heavy atom. The number of aromatic nitrogens is 1. The molecule has 0 saturated carbocycles. The Balaban J connectivity index is 1.73. The molecule has 0 radical (unpaired) electrons. The second kappa shape index (κ2) is 13.8. The van der Waals surface area contributed by atoms with E-state index < -0.39 is 5.97 Å². The molecule has 10 heteroatoms. The van der Waals surface area contributed by atoms with E-state index in [9.17, 15) is 19.5 Å². The Morgan fingerprint density at radius 1 is 0.884 bits per heavy atom. The summed E-state index contributed by atoms with van der Waals surface area (Å²) < 4.78 is 4.83. The molecule has 0 bridgehead atoms. The van der Waals surface area contributed by atoms with Gasteiger partial charge in [-0.1, -0.05) is 36.4 Å². The van der Waals surface area contributed by atoms with E-state index in [2.05, 4.69) is 4.98 Å². The number of anilines is 1. The van der Waals surface area contributed by atoms with Crippen LogP contribution in [0.3, 0.4) is 0 Å². The third-order valence-electron chi connectivity index (χ3n) is 6.98. The predicted molar refractivity (Wildman–Crippen MR) is 168 cm³/mol. The molecule has 4 rings (SSSR count). The largest absolute Gasteiger partial charge is 0.494 e. The smallest absolute Gasteiger partial charge is 0.337 e. The maximum atomic E-state index is 13.2. The number of esters is 1. The number of carbonyl (C=O) groups excluding carboxylic acids is 3. The fourth-order valence-electron chi connectivity index (χ4n) is 4.65. The van der Waals surface area contributed by atoms with E-state index in [1.807, 2.05) is 49.3 Å². The summed E-state index contributed by atoms with van der Waals surface area (Å²) in [6, 6.07) is 21.6. The third-order valence-corrected chi connectivity index (χ3v) is 6.98. The Morgan fingerprint density at radius 3 is 2.21 bits per heavy atom. The molecule has 0 atom stereocenters. The minimum absolute atomic E-state index is 0.0670. The molecule has 10 nitrogen and oxygen atoms in total. The number of nitrogens with one attached hydrogen (secondary N) is 1. The summed E-state index contributed by atoms with van der Waals surface area (Å²) in [5.41, 5.74) is 3.86. The van der Waals surface area contributed by atoms with Gasteiger partial charge in [-0.2, -0.15) is 0 Å². The first-order chi connectivity index (χ1) is 20.6. The van der Waals surface area contributed by atoms with E-state index in [1.54, 1.807) is 56.6 Å². The predicted octanol–water partition coefficient (Wildman–Crippen LogP) is 4.59. The van der Waals surface area contributed by atoms with Gasteiger partial charge in [-0.3, -0.25) is 9.59 Å². The fourth-order valence-corrected chi connectivity index (χ4v) is 4.65. The van der Waals surface area contributed by atoms with Crippen molar-refractivity contribution in [1.82, 2.24) is 14.8 Å². The average molecular weight is 584 g/mol. The van der Waals surface area contributed by atoms with Crippen LogP contribution < -0.4 is 4.90 Å². The van der Waals surface area contributed by atoms with Crippen molar-refractivity contribution in [2.24, 2.45) is 4.99 Å². The summed E-state index contributed by atoms with van der Waals surface area (Å²) in [4.78, 5) is 50.7. The van der Waals surface area contributed by atoms with Gasteiger partial charge in [0.2, 0.25) is 11.8 Å². The number of rotatable bonds is 11. The minimum atomic E-state index is -0.480. The molecule has 2 N–H and O–H groups in total. The Kier molecular flexibility index (Phi) is 9.95. The zero-order valence-corrected chi connectivity index (χ0v) is 25.1. The van der Waals surface area contributed by atoms with Crippen molar-refractivity contribution in [3.63, 3.8) is 0 Å². The number of aromatic hydroxyl groups is 1. The van der Waals surface area contributed by atoms with E-state index in [0.29, 0.717) is 52.0 Å². The monoisotopic (exact) mass is 583 g/mol. The molecular weight excluding hydrogens is 546 g/mol. The lowest BCUT2D eigenvalue weighted by molar-refractivity contribution is -0.129. The molecule has 4 aromatic rings. The first kappa shape index (κ1) is 31.0. The molecule has 0 aliphatic rings. The summed E-state index contributed by atoms with van der Waals surface area (Å²) >= 11 is 0. The van der Waals surface area contributed by atoms with Gasteiger partial charge in [0.05, 0.1) is 29.6 Å². The lowest BCUT2D eigenvalue weighted by Crippen LogP contribution is -2.40. The highest BCUT2D eigenvalue weighted by atomic mass is 16.5.